The van der Waals surface area contributed by atoms with Crippen molar-refractivity contribution in [3.63, 3.8) is 0 Å². The molecule has 1 aliphatic carbocycles. The van der Waals surface area contributed by atoms with Crippen molar-refractivity contribution in [1.29, 1.82) is 0 Å². The topological polar surface area (TPSA) is 84.1 Å². The number of nitrogens with one attached hydrogen (secondary N) is 1. The van der Waals surface area contributed by atoms with E-state index in [-0.39, 0.29) is 18.0 Å². The number of halogens is 1. The molecule has 1 saturated carbocycles. The number of nitrogens with zero attached hydrogens (tertiary/aromatic N) is 3. The van der Waals surface area contributed by atoms with Crippen molar-refractivity contribution in [2.24, 2.45) is 5.92 Å². The van der Waals surface area contributed by atoms with Gasteiger partial charge in [0.15, 0.2) is 0 Å². The number of aromatic nitrogens is 2. The highest BCUT2D eigenvalue weighted by atomic mass is 19.1. The Balaban J connectivity index is 1.29. The van der Waals surface area contributed by atoms with E-state index in [1.807, 2.05) is 18.2 Å². The summed E-state index contributed by atoms with van der Waals surface area (Å²) in [5.41, 5.74) is 12.7. The Labute approximate surface area is 198 Å². The van der Waals surface area contributed by atoms with E-state index in [4.69, 9.17) is 10.7 Å². The summed E-state index contributed by atoms with van der Waals surface area (Å²) in [5.74, 6) is 0.957. The maximum atomic E-state index is 12.9. The van der Waals surface area contributed by atoms with Crippen LogP contribution in [0.3, 0.4) is 0 Å². The van der Waals surface area contributed by atoms with Crippen LogP contribution in [0, 0.1) is 5.92 Å². The van der Waals surface area contributed by atoms with Crippen LogP contribution < -0.4 is 11.1 Å². The molecule has 6 rings (SSSR count). The molecule has 0 spiro atoms. The molecule has 2 atom stereocenters. The summed E-state index contributed by atoms with van der Waals surface area (Å²) in [6, 6.07) is 14.3. The lowest BCUT2D eigenvalue weighted by atomic mass is 9.58. The molecule has 2 aliphatic heterocycles. The van der Waals surface area contributed by atoms with Gasteiger partial charge in [0.1, 0.15) is 18.2 Å². The van der Waals surface area contributed by atoms with E-state index in [2.05, 4.69) is 39.5 Å². The molecule has 3 N–H and O–H groups in total. The molecule has 0 bridgehead atoms. The van der Waals surface area contributed by atoms with Crippen molar-refractivity contribution in [2.45, 2.75) is 24.7 Å². The van der Waals surface area contributed by atoms with Gasteiger partial charge in [0.25, 0.3) is 5.91 Å². The molecule has 2 aromatic carbocycles. The number of carbonyl (C=O) groups excluding carboxylic acids is 1. The number of anilines is 1. The molecule has 0 radical (unpaired) electrons. The first-order chi connectivity index (χ1) is 16.6. The molecular weight excluding hydrogens is 429 g/mol. The molecule has 2 fully saturated rings. The standard InChI is InChI=1S/C27H28FN5O/c28-10-12-33-15-21-7-9-27(21,16-33)20-4-1-17(2-5-20)23-14-31-25(29)24(32-23)19-3-6-22-18(13-19)8-11-30-26(22)34/h1-6,13-14,21H,7-12,15-16H2,(H2,29,31)(H,30,34)/t21-,27+/m1/s1. The number of likely N-dealkylation sites (tertiary alicyclic amines) is 1. The van der Waals surface area contributed by atoms with Crippen LogP contribution in [0.2, 0.25) is 0 Å². The van der Waals surface area contributed by atoms with Crippen molar-refractivity contribution in [3.05, 3.63) is 65.4 Å². The minimum atomic E-state index is -0.280. The van der Waals surface area contributed by atoms with Gasteiger partial charge < -0.3 is 11.1 Å². The van der Waals surface area contributed by atoms with E-state index in [9.17, 15) is 9.18 Å². The summed E-state index contributed by atoms with van der Waals surface area (Å²) in [7, 11) is 0. The molecule has 1 saturated heterocycles. The lowest BCUT2D eigenvalue weighted by Gasteiger charge is -2.45. The van der Waals surface area contributed by atoms with Crippen LogP contribution in [0.1, 0.15) is 34.3 Å². The number of hydrogen-bond acceptors (Lipinski definition) is 5. The molecule has 34 heavy (non-hydrogen) atoms. The van der Waals surface area contributed by atoms with Crippen LogP contribution in [0.5, 0.6) is 0 Å². The molecule has 7 heteroatoms. The van der Waals surface area contributed by atoms with Crippen LogP contribution in [0.15, 0.2) is 48.7 Å². The van der Waals surface area contributed by atoms with E-state index in [0.29, 0.717) is 36.1 Å². The van der Waals surface area contributed by atoms with E-state index >= 15 is 0 Å². The Morgan fingerprint density at radius 2 is 2.00 bits per heavy atom. The second-order valence-electron chi connectivity index (χ2n) is 9.76. The number of rotatable bonds is 5. The zero-order chi connectivity index (χ0) is 23.3. The first-order valence-electron chi connectivity index (χ1n) is 12.0. The van der Waals surface area contributed by atoms with Crippen molar-refractivity contribution < 1.29 is 9.18 Å². The lowest BCUT2D eigenvalue weighted by Crippen LogP contribution is -2.43. The van der Waals surface area contributed by atoms with E-state index in [1.165, 1.54) is 18.4 Å². The summed E-state index contributed by atoms with van der Waals surface area (Å²) in [4.78, 5) is 23.6. The molecule has 3 aliphatic rings. The Hall–Kier alpha value is -3.32. The Morgan fingerprint density at radius 1 is 1.18 bits per heavy atom. The van der Waals surface area contributed by atoms with E-state index < -0.39 is 0 Å². The van der Waals surface area contributed by atoms with Gasteiger partial charge in [-0.25, -0.2) is 14.4 Å². The number of fused-ring (bicyclic) bond motifs is 2. The SMILES string of the molecule is Nc1ncc(-c2ccc([C@@]34CC[C@@H]3CN(CCF)C4)cc2)nc1-c1ccc2c(c1)CCNC2=O. The van der Waals surface area contributed by atoms with Gasteiger partial charge in [0.2, 0.25) is 0 Å². The second-order valence-corrected chi connectivity index (χ2v) is 9.76. The summed E-state index contributed by atoms with van der Waals surface area (Å²) >= 11 is 0. The third kappa shape index (κ3) is 3.38. The minimum Gasteiger partial charge on any atom is -0.382 e. The third-order valence-corrected chi connectivity index (χ3v) is 7.97. The number of benzene rings is 2. The lowest BCUT2D eigenvalue weighted by molar-refractivity contribution is 0.0946. The number of nitrogen functional groups attached to an aromatic ring is 1. The predicted octanol–water partition coefficient (Wildman–Crippen LogP) is 3.61. The van der Waals surface area contributed by atoms with Gasteiger partial charge in [-0.05, 0) is 48.4 Å². The number of hydrogen-bond donors (Lipinski definition) is 2. The second kappa shape index (κ2) is 8.17. The van der Waals surface area contributed by atoms with Crippen LogP contribution in [-0.2, 0) is 11.8 Å². The van der Waals surface area contributed by atoms with E-state index in [1.54, 1.807) is 6.20 Å². The predicted molar refractivity (Wildman–Crippen MR) is 130 cm³/mol. The number of amides is 1. The molecule has 1 amide bonds. The van der Waals surface area contributed by atoms with Crippen LogP contribution >= 0.6 is 0 Å². The fourth-order valence-corrected chi connectivity index (χ4v) is 6.01. The maximum Gasteiger partial charge on any atom is 0.251 e. The average Bonchev–Trinajstić information content (AvgIpc) is 3.10. The Kier molecular flexibility index (Phi) is 5.10. The summed E-state index contributed by atoms with van der Waals surface area (Å²) in [6.07, 6.45) is 4.89. The van der Waals surface area contributed by atoms with Crippen LogP contribution in [-0.4, -0.2) is 53.6 Å². The highest BCUT2D eigenvalue weighted by Gasteiger charge is 2.53. The summed E-state index contributed by atoms with van der Waals surface area (Å²) in [6.45, 7) is 2.84. The Morgan fingerprint density at radius 3 is 2.76 bits per heavy atom. The van der Waals surface area contributed by atoms with Gasteiger partial charge in [-0.2, -0.15) is 0 Å². The van der Waals surface area contributed by atoms with E-state index in [0.717, 1.165) is 41.9 Å². The molecule has 3 heterocycles. The number of carbonyl (C=O) groups is 1. The quantitative estimate of drug-likeness (QED) is 0.612. The first-order valence-corrected chi connectivity index (χ1v) is 12.0. The zero-order valence-electron chi connectivity index (χ0n) is 19.1. The molecular formula is C27H28FN5O. The minimum absolute atomic E-state index is 0.0380. The van der Waals surface area contributed by atoms with Gasteiger partial charge in [-0.15, -0.1) is 0 Å². The average molecular weight is 458 g/mol. The zero-order valence-corrected chi connectivity index (χ0v) is 19.1. The molecule has 3 aromatic rings. The van der Waals surface area contributed by atoms with Gasteiger partial charge in [0, 0.05) is 48.3 Å². The van der Waals surface area contributed by atoms with Crippen LogP contribution in [0.25, 0.3) is 22.5 Å². The highest BCUT2D eigenvalue weighted by Crippen LogP contribution is 2.53. The monoisotopic (exact) mass is 457 g/mol. The van der Waals surface area contributed by atoms with Crippen molar-refractivity contribution in [3.8, 4) is 22.5 Å². The fraction of sp³-hybridized carbons (Fsp3) is 0.370. The normalized spacial score (nSPS) is 23.7. The van der Waals surface area contributed by atoms with Crippen molar-refractivity contribution >= 4 is 11.7 Å². The summed E-state index contributed by atoms with van der Waals surface area (Å²) < 4.78 is 12.9. The molecule has 1 aromatic heterocycles. The van der Waals surface area contributed by atoms with Crippen LogP contribution in [0.4, 0.5) is 10.2 Å². The molecule has 6 nitrogen and oxygen atoms in total. The number of nitrogens with two attached hydrogens (primary N) is 1. The smallest absolute Gasteiger partial charge is 0.251 e. The van der Waals surface area contributed by atoms with Gasteiger partial charge in [0.05, 0.1) is 11.9 Å². The Bertz CT molecular complexity index is 1260. The van der Waals surface area contributed by atoms with Gasteiger partial charge >= 0.3 is 0 Å². The van der Waals surface area contributed by atoms with Crippen molar-refractivity contribution in [1.82, 2.24) is 20.2 Å². The molecule has 174 valence electrons. The van der Waals surface area contributed by atoms with Gasteiger partial charge in [-0.3, -0.25) is 9.69 Å². The third-order valence-electron chi connectivity index (χ3n) is 7.97. The number of alkyl halides is 1. The van der Waals surface area contributed by atoms with Gasteiger partial charge in [-0.1, -0.05) is 30.3 Å². The maximum absolute atomic E-state index is 12.9. The fourth-order valence-electron chi connectivity index (χ4n) is 6.01. The first kappa shape index (κ1) is 21.2. The highest BCUT2D eigenvalue weighted by molar-refractivity contribution is 5.97. The van der Waals surface area contributed by atoms with Crippen molar-refractivity contribution in [2.75, 3.05) is 38.6 Å². The summed E-state index contributed by atoms with van der Waals surface area (Å²) in [5, 5.41) is 2.87. The largest absolute Gasteiger partial charge is 0.382 e. The molecule has 0 unspecified atom stereocenters.